The molecule has 0 unspecified atom stereocenters. The van der Waals surface area contributed by atoms with Gasteiger partial charge in [-0.2, -0.15) is 0 Å². The highest BCUT2D eigenvalue weighted by atomic mass is 16.5. The maximum atomic E-state index is 5.83. The largest absolute Gasteiger partial charge is 0.496 e. The summed E-state index contributed by atoms with van der Waals surface area (Å²) < 4.78 is 11.4. The topological polar surface area (TPSA) is 71.7 Å². The van der Waals surface area contributed by atoms with Gasteiger partial charge in [-0.1, -0.05) is 39.0 Å². The highest BCUT2D eigenvalue weighted by Gasteiger charge is 2.46. The molecule has 1 aromatic heterocycles. The number of rotatable bonds is 6. The number of ether oxygens (including phenoxy) is 1. The second kappa shape index (κ2) is 7.62. The summed E-state index contributed by atoms with van der Waals surface area (Å²) in [6, 6.07) is 8.26. The number of aliphatic imine (C=N–C) groups is 1. The molecule has 6 nitrogen and oxygen atoms in total. The monoisotopic (exact) mass is 370 g/mol. The molecule has 1 fully saturated rings. The van der Waals surface area contributed by atoms with Gasteiger partial charge in [0.15, 0.2) is 5.96 Å². The SMILES string of the molecule is CN=C(NCc1ncc(C(C)(C)C)o1)NCC1(c2ccccc2OC)CC1. The molecule has 3 rings (SSSR count). The van der Waals surface area contributed by atoms with Crippen molar-refractivity contribution in [2.75, 3.05) is 20.7 Å². The third-order valence-corrected chi connectivity index (χ3v) is 5.05. The van der Waals surface area contributed by atoms with Crippen molar-refractivity contribution in [1.29, 1.82) is 0 Å². The zero-order valence-electron chi connectivity index (χ0n) is 16.9. The molecule has 1 aliphatic rings. The van der Waals surface area contributed by atoms with Crippen molar-refractivity contribution < 1.29 is 9.15 Å². The molecule has 1 aromatic carbocycles. The lowest BCUT2D eigenvalue weighted by molar-refractivity contribution is 0.379. The van der Waals surface area contributed by atoms with Crippen molar-refractivity contribution in [3.05, 3.63) is 47.7 Å². The van der Waals surface area contributed by atoms with Gasteiger partial charge in [-0.3, -0.25) is 4.99 Å². The number of benzene rings is 1. The van der Waals surface area contributed by atoms with Crippen molar-refractivity contribution in [3.8, 4) is 5.75 Å². The molecule has 6 heteroatoms. The number of para-hydroxylation sites is 1. The number of nitrogens with one attached hydrogen (secondary N) is 2. The maximum Gasteiger partial charge on any atom is 0.213 e. The number of hydrogen-bond acceptors (Lipinski definition) is 4. The minimum atomic E-state index is -0.0434. The van der Waals surface area contributed by atoms with Gasteiger partial charge in [-0.25, -0.2) is 4.98 Å². The Morgan fingerprint density at radius 3 is 2.59 bits per heavy atom. The molecule has 0 amide bonds. The standard InChI is InChI=1S/C21H30N4O2/c1-20(2,3)17-12-23-18(27-17)13-24-19(22-4)25-14-21(10-11-21)15-8-6-7-9-16(15)26-5/h6-9,12H,10-11,13-14H2,1-5H3,(H2,22,24,25). The Labute approximate surface area is 161 Å². The Morgan fingerprint density at radius 2 is 2.00 bits per heavy atom. The van der Waals surface area contributed by atoms with Gasteiger partial charge in [0.05, 0.1) is 19.9 Å². The van der Waals surface area contributed by atoms with Gasteiger partial charge in [-0.05, 0) is 18.9 Å². The van der Waals surface area contributed by atoms with Crippen LogP contribution in [0.5, 0.6) is 5.75 Å². The quantitative estimate of drug-likeness (QED) is 0.602. The van der Waals surface area contributed by atoms with Gasteiger partial charge in [0.2, 0.25) is 5.89 Å². The van der Waals surface area contributed by atoms with Crippen LogP contribution in [-0.4, -0.2) is 31.6 Å². The molecule has 27 heavy (non-hydrogen) atoms. The summed E-state index contributed by atoms with van der Waals surface area (Å²) in [4.78, 5) is 8.67. The van der Waals surface area contributed by atoms with Crippen LogP contribution in [0.15, 0.2) is 39.9 Å². The lowest BCUT2D eigenvalue weighted by Crippen LogP contribution is -2.41. The fourth-order valence-electron chi connectivity index (χ4n) is 3.15. The lowest BCUT2D eigenvalue weighted by Gasteiger charge is -2.21. The Morgan fingerprint density at radius 1 is 1.26 bits per heavy atom. The first kappa shape index (κ1) is 19.3. The van der Waals surface area contributed by atoms with Crippen molar-refractivity contribution in [2.45, 2.75) is 51.0 Å². The van der Waals surface area contributed by atoms with E-state index in [-0.39, 0.29) is 10.8 Å². The summed E-state index contributed by atoms with van der Waals surface area (Å²) in [5.41, 5.74) is 1.34. The third-order valence-electron chi connectivity index (χ3n) is 5.05. The van der Waals surface area contributed by atoms with Crippen LogP contribution >= 0.6 is 0 Å². The Kier molecular flexibility index (Phi) is 5.44. The number of hydrogen-bond donors (Lipinski definition) is 2. The molecular formula is C21H30N4O2. The van der Waals surface area contributed by atoms with E-state index in [2.05, 4.69) is 53.5 Å². The van der Waals surface area contributed by atoms with Crippen molar-refractivity contribution in [3.63, 3.8) is 0 Å². The minimum Gasteiger partial charge on any atom is -0.496 e. The van der Waals surface area contributed by atoms with Gasteiger partial charge in [0.25, 0.3) is 0 Å². The lowest BCUT2D eigenvalue weighted by atomic mass is 9.94. The number of aromatic nitrogens is 1. The zero-order valence-corrected chi connectivity index (χ0v) is 16.9. The summed E-state index contributed by atoms with van der Waals surface area (Å²) in [6.07, 6.45) is 4.09. The van der Waals surface area contributed by atoms with E-state index in [0.717, 1.165) is 36.9 Å². The molecule has 2 aromatic rings. The zero-order chi connectivity index (χ0) is 19.5. The third kappa shape index (κ3) is 4.43. The van der Waals surface area contributed by atoms with Gasteiger partial charge in [0.1, 0.15) is 11.5 Å². The van der Waals surface area contributed by atoms with Crippen LogP contribution < -0.4 is 15.4 Å². The predicted octanol–water partition coefficient (Wildman–Crippen LogP) is 3.38. The second-order valence-corrected chi connectivity index (χ2v) is 8.13. The molecule has 0 saturated heterocycles. The van der Waals surface area contributed by atoms with E-state index in [1.54, 1.807) is 20.4 Å². The van der Waals surface area contributed by atoms with Gasteiger partial charge >= 0.3 is 0 Å². The van der Waals surface area contributed by atoms with Crippen LogP contribution in [0.3, 0.4) is 0 Å². The van der Waals surface area contributed by atoms with Crippen LogP contribution in [0.1, 0.15) is 50.8 Å². The average Bonchev–Trinajstić information content (AvgIpc) is 3.28. The number of methoxy groups -OCH3 is 1. The first-order valence-electron chi connectivity index (χ1n) is 9.41. The highest BCUT2D eigenvalue weighted by molar-refractivity contribution is 5.79. The summed E-state index contributed by atoms with van der Waals surface area (Å²) in [5.74, 6) is 3.24. The van der Waals surface area contributed by atoms with E-state index in [1.807, 2.05) is 12.1 Å². The molecule has 0 bridgehead atoms. The summed E-state index contributed by atoms with van der Waals surface area (Å²) in [6.45, 7) is 7.64. The summed E-state index contributed by atoms with van der Waals surface area (Å²) >= 11 is 0. The fraction of sp³-hybridized carbons (Fsp3) is 0.524. The Hall–Kier alpha value is -2.50. The molecule has 0 spiro atoms. The molecule has 1 heterocycles. The first-order chi connectivity index (χ1) is 12.9. The molecule has 0 radical (unpaired) electrons. The molecule has 146 valence electrons. The molecular weight excluding hydrogens is 340 g/mol. The average molecular weight is 370 g/mol. The van der Waals surface area contributed by atoms with Crippen molar-refractivity contribution in [2.24, 2.45) is 4.99 Å². The second-order valence-electron chi connectivity index (χ2n) is 8.13. The smallest absolute Gasteiger partial charge is 0.213 e. The number of nitrogens with zero attached hydrogens (tertiary/aromatic N) is 2. The van der Waals surface area contributed by atoms with Crippen LogP contribution in [0.2, 0.25) is 0 Å². The van der Waals surface area contributed by atoms with E-state index in [4.69, 9.17) is 9.15 Å². The number of oxazole rings is 1. The van der Waals surface area contributed by atoms with Crippen LogP contribution in [0, 0.1) is 0 Å². The molecule has 2 N–H and O–H groups in total. The molecule has 0 aliphatic heterocycles. The predicted molar refractivity (Wildman–Crippen MR) is 107 cm³/mol. The van der Waals surface area contributed by atoms with Gasteiger partial charge in [-0.15, -0.1) is 0 Å². The molecule has 1 aliphatic carbocycles. The van der Waals surface area contributed by atoms with Crippen molar-refractivity contribution in [1.82, 2.24) is 15.6 Å². The summed E-state index contributed by atoms with van der Waals surface area (Å²) in [5, 5.41) is 6.73. The molecule has 0 atom stereocenters. The Bertz CT molecular complexity index is 801. The first-order valence-corrected chi connectivity index (χ1v) is 9.41. The van der Waals surface area contributed by atoms with Crippen LogP contribution in [0.25, 0.3) is 0 Å². The van der Waals surface area contributed by atoms with E-state index in [1.165, 1.54) is 5.56 Å². The van der Waals surface area contributed by atoms with Gasteiger partial charge < -0.3 is 19.8 Å². The van der Waals surface area contributed by atoms with E-state index < -0.39 is 0 Å². The normalized spacial score (nSPS) is 16.1. The number of guanidine groups is 1. The van der Waals surface area contributed by atoms with E-state index in [9.17, 15) is 0 Å². The highest BCUT2D eigenvalue weighted by Crippen LogP contribution is 2.50. The van der Waals surface area contributed by atoms with Crippen LogP contribution in [-0.2, 0) is 17.4 Å². The summed E-state index contributed by atoms with van der Waals surface area (Å²) in [7, 11) is 3.50. The fourth-order valence-corrected chi connectivity index (χ4v) is 3.15. The van der Waals surface area contributed by atoms with Gasteiger partial charge in [0, 0.05) is 30.0 Å². The minimum absolute atomic E-state index is 0.0434. The van der Waals surface area contributed by atoms with Crippen molar-refractivity contribution >= 4 is 5.96 Å². The molecule has 1 saturated carbocycles. The van der Waals surface area contributed by atoms with Crippen LogP contribution in [0.4, 0.5) is 0 Å². The van der Waals surface area contributed by atoms with E-state index >= 15 is 0 Å². The Balaban J connectivity index is 1.58. The van der Waals surface area contributed by atoms with E-state index in [0.29, 0.717) is 12.4 Å². The maximum absolute atomic E-state index is 5.83.